The van der Waals surface area contributed by atoms with E-state index in [1.165, 1.54) is 16.7 Å². The lowest BCUT2D eigenvalue weighted by molar-refractivity contribution is -0.116. The highest BCUT2D eigenvalue weighted by atomic mass is 16.3. The molecular weight excluding hydrogens is 332 g/mol. The van der Waals surface area contributed by atoms with Crippen LogP contribution in [0.25, 0.3) is 0 Å². The number of furan rings is 1. The fraction of sp³-hybridized carbons (Fsp3) is 0.211. The number of nitrogens with zero attached hydrogens (tertiary/aromatic N) is 3. The summed E-state index contributed by atoms with van der Waals surface area (Å²) in [5, 5.41) is 7.05. The molecule has 7 nitrogen and oxygen atoms in total. The highest BCUT2D eigenvalue weighted by Crippen LogP contribution is 2.12. The van der Waals surface area contributed by atoms with Gasteiger partial charge in [-0.25, -0.2) is 4.68 Å². The fourth-order valence-electron chi connectivity index (χ4n) is 2.61. The van der Waals surface area contributed by atoms with Crippen molar-refractivity contribution in [2.24, 2.45) is 0 Å². The van der Waals surface area contributed by atoms with Crippen LogP contribution in [0.4, 0.5) is 5.82 Å². The van der Waals surface area contributed by atoms with Crippen LogP contribution in [0.15, 0.2) is 59.3 Å². The quantitative estimate of drug-likeness (QED) is 0.739. The lowest BCUT2D eigenvalue weighted by Gasteiger charge is -2.16. The molecule has 0 radical (unpaired) electrons. The standard InChI is InChI=1S/C19H20N4O3/c1-14-5-3-6-15(11-14)12-23-17(8-9-20-23)21-18(24)13-22(2)19(25)16-7-4-10-26-16/h3-11H,12-13H2,1-2H3,(H,21,24). The Labute approximate surface area is 151 Å². The monoisotopic (exact) mass is 352 g/mol. The van der Waals surface area contributed by atoms with Crippen molar-refractivity contribution in [1.29, 1.82) is 0 Å². The van der Waals surface area contributed by atoms with Crippen LogP contribution in [-0.4, -0.2) is 40.1 Å². The number of carbonyl (C=O) groups is 2. The minimum absolute atomic E-state index is 0.0881. The zero-order valence-corrected chi connectivity index (χ0v) is 14.7. The van der Waals surface area contributed by atoms with E-state index >= 15 is 0 Å². The van der Waals surface area contributed by atoms with Crippen LogP contribution in [0.2, 0.25) is 0 Å². The Kier molecular flexibility index (Phi) is 5.17. The molecule has 2 amide bonds. The van der Waals surface area contributed by atoms with Crippen molar-refractivity contribution < 1.29 is 14.0 Å². The molecule has 134 valence electrons. The fourth-order valence-corrected chi connectivity index (χ4v) is 2.61. The highest BCUT2D eigenvalue weighted by Gasteiger charge is 2.18. The molecule has 2 aromatic heterocycles. The summed E-state index contributed by atoms with van der Waals surface area (Å²) in [7, 11) is 1.55. The summed E-state index contributed by atoms with van der Waals surface area (Å²) < 4.78 is 6.77. The number of benzene rings is 1. The van der Waals surface area contributed by atoms with Gasteiger partial charge in [0.1, 0.15) is 12.4 Å². The van der Waals surface area contributed by atoms with Crippen LogP contribution < -0.4 is 5.32 Å². The summed E-state index contributed by atoms with van der Waals surface area (Å²) in [5.41, 5.74) is 2.26. The normalized spacial score (nSPS) is 10.5. The number of hydrogen-bond acceptors (Lipinski definition) is 4. The van der Waals surface area contributed by atoms with Gasteiger partial charge in [-0.1, -0.05) is 29.8 Å². The molecule has 1 aromatic carbocycles. The molecule has 0 saturated carbocycles. The van der Waals surface area contributed by atoms with Gasteiger partial charge in [0.25, 0.3) is 5.91 Å². The Morgan fingerprint density at radius 3 is 2.81 bits per heavy atom. The van der Waals surface area contributed by atoms with E-state index in [-0.39, 0.29) is 24.1 Å². The highest BCUT2D eigenvalue weighted by molar-refractivity contribution is 5.97. The summed E-state index contributed by atoms with van der Waals surface area (Å²) >= 11 is 0. The van der Waals surface area contributed by atoms with Gasteiger partial charge in [-0.3, -0.25) is 9.59 Å². The number of hydrogen-bond donors (Lipinski definition) is 1. The van der Waals surface area contributed by atoms with Gasteiger partial charge >= 0.3 is 0 Å². The molecule has 0 spiro atoms. The third-order valence-electron chi connectivity index (χ3n) is 3.86. The number of likely N-dealkylation sites (N-methyl/N-ethyl adjacent to an activating group) is 1. The molecular formula is C19H20N4O3. The molecule has 0 aliphatic carbocycles. The average Bonchev–Trinajstić information content (AvgIpc) is 3.27. The zero-order chi connectivity index (χ0) is 18.5. The molecule has 7 heteroatoms. The number of rotatable bonds is 6. The predicted molar refractivity (Wildman–Crippen MR) is 96.8 cm³/mol. The lowest BCUT2D eigenvalue weighted by atomic mass is 10.1. The minimum atomic E-state index is -0.349. The lowest BCUT2D eigenvalue weighted by Crippen LogP contribution is -2.35. The SMILES string of the molecule is Cc1cccc(Cn2nccc2NC(=O)CN(C)C(=O)c2ccco2)c1. The number of nitrogens with one attached hydrogen (secondary N) is 1. The number of anilines is 1. The molecule has 3 rings (SSSR count). The first kappa shape index (κ1) is 17.5. The maximum absolute atomic E-state index is 12.3. The molecule has 0 saturated heterocycles. The molecule has 0 aliphatic rings. The average molecular weight is 352 g/mol. The van der Waals surface area contributed by atoms with Crippen molar-refractivity contribution in [2.45, 2.75) is 13.5 Å². The van der Waals surface area contributed by atoms with Crippen molar-refractivity contribution in [2.75, 3.05) is 18.9 Å². The van der Waals surface area contributed by atoms with E-state index in [0.29, 0.717) is 12.4 Å². The first-order valence-corrected chi connectivity index (χ1v) is 8.19. The molecule has 26 heavy (non-hydrogen) atoms. The van der Waals surface area contributed by atoms with Crippen molar-refractivity contribution >= 4 is 17.6 Å². The summed E-state index contributed by atoms with van der Waals surface area (Å²) in [5.74, 6) is 0.122. The van der Waals surface area contributed by atoms with Crippen molar-refractivity contribution in [3.63, 3.8) is 0 Å². The van der Waals surface area contributed by atoms with Crippen LogP contribution in [0, 0.1) is 6.92 Å². The van der Waals surface area contributed by atoms with Crippen LogP contribution in [0.1, 0.15) is 21.7 Å². The molecule has 0 atom stereocenters. The Balaban J connectivity index is 1.61. The van der Waals surface area contributed by atoms with Crippen LogP contribution in [0.3, 0.4) is 0 Å². The second-order valence-electron chi connectivity index (χ2n) is 6.05. The van der Waals surface area contributed by atoms with E-state index in [1.807, 2.05) is 25.1 Å². The topological polar surface area (TPSA) is 80.4 Å². The number of amides is 2. The Morgan fingerprint density at radius 2 is 2.08 bits per heavy atom. The first-order valence-electron chi connectivity index (χ1n) is 8.19. The van der Waals surface area contributed by atoms with Crippen LogP contribution in [-0.2, 0) is 11.3 Å². The van der Waals surface area contributed by atoms with E-state index in [9.17, 15) is 9.59 Å². The summed E-state index contributed by atoms with van der Waals surface area (Å²) in [6.07, 6.45) is 3.05. The second-order valence-corrected chi connectivity index (χ2v) is 6.05. The van der Waals surface area contributed by atoms with Gasteiger partial charge < -0.3 is 14.6 Å². The third kappa shape index (κ3) is 4.18. The van der Waals surface area contributed by atoms with E-state index in [0.717, 1.165) is 5.56 Å². The van der Waals surface area contributed by atoms with E-state index in [2.05, 4.69) is 16.5 Å². The maximum atomic E-state index is 12.3. The van der Waals surface area contributed by atoms with Crippen LogP contribution in [0.5, 0.6) is 0 Å². The molecule has 0 bridgehead atoms. The van der Waals surface area contributed by atoms with E-state index < -0.39 is 0 Å². The van der Waals surface area contributed by atoms with Crippen molar-refractivity contribution in [1.82, 2.24) is 14.7 Å². The van der Waals surface area contributed by atoms with Gasteiger partial charge in [0.2, 0.25) is 5.91 Å². The van der Waals surface area contributed by atoms with Gasteiger partial charge in [-0.2, -0.15) is 5.10 Å². The number of carbonyl (C=O) groups excluding carboxylic acids is 2. The smallest absolute Gasteiger partial charge is 0.289 e. The summed E-state index contributed by atoms with van der Waals surface area (Å²) in [6, 6.07) is 13.0. The molecule has 1 N–H and O–H groups in total. The second kappa shape index (κ2) is 7.69. The molecule has 2 heterocycles. The summed E-state index contributed by atoms with van der Waals surface area (Å²) in [6.45, 7) is 2.49. The Hall–Kier alpha value is -3.35. The van der Waals surface area contributed by atoms with Crippen molar-refractivity contribution in [3.8, 4) is 0 Å². The van der Waals surface area contributed by atoms with E-state index in [4.69, 9.17) is 4.42 Å². The molecule has 0 fully saturated rings. The first-order chi connectivity index (χ1) is 12.5. The summed E-state index contributed by atoms with van der Waals surface area (Å²) in [4.78, 5) is 25.7. The minimum Gasteiger partial charge on any atom is -0.459 e. The number of aromatic nitrogens is 2. The molecule has 0 aliphatic heterocycles. The van der Waals surface area contributed by atoms with E-state index in [1.54, 1.807) is 36.1 Å². The maximum Gasteiger partial charge on any atom is 0.289 e. The Morgan fingerprint density at radius 1 is 1.23 bits per heavy atom. The van der Waals surface area contributed by atoms with Crippen molar-refractivity contribution in [3.05, 3.63) is 71.8 Å². The zero-order valence-electron chi connectivity index (χ0n) is 14.7. The van der Waals surface area contributed by atoms with Gasteiger partial charge in [0.15, 0.2) is 5.76 Å². The third-order valence-corrected chi connectivity index (χ3v) is 3.86. The van der Waals surface area contributed by atoms with Crippen LogP contribution >= 0.6 is 0 Å². The largest absolute Gasteiger partial charge is 0.459 e. The predicted octanol–water partition coefficient (Wildman–Crippen LogP) is 2.54. The van der Waals surface area contributed by atoms with Gasteiger partial charge in [-0.15, -0.1) is 0 Å². The molecule has 3 aromatic rings. The molecule has 0 unspecified atom stereocenters. The Bertz CT molecular complexity index is 899. The van der Waals surface area contributed by atoms with Gasteiger partial charge in [0, 0.05) is 13.1 Å². The number of aryl methyl sites for hydroxylation is 1. The van der Waals surface area contributed by atoms with Gasteiger partial charge in [-0.05, 0) is 24.6 Å². The van der Waals surface area contributed by atoms with Gasteiger partial charge in [0.05, 0.1) is 19.0 Å².